The summed E-state index contributed by atoms with van der Waals surface area (Å²) in [5, 5.41) is 14.5. The Morgan fingerprint density at radius 1 is 1.69 bits per heavy atom. The molecule has 0 aromatic rings. The number of hydrazone groups is 1. The van der Waals surface area contributed by atoms with Gasteiger partial charge in [-0.05, 0) is 0 Å². The van der Waals surface area contributed by atoms with Gasteiger partial charge < -0.3 is 16.2 Å². The van der Waals surface area contributed by atoms with Gasteiger partial charge in [-0.3, -0.25) is 4.79 Å². The van der Waals surface area contributed by atoms with E-state index in [-0.39, 0.29) is 0 Å². The van der Waals surface area contributed by atoms with Crippen molar-refractivity contribution in [3.63, 3.8) is 0 Å². The van der Waals surface area contributed by atoms with Crippen LogP contribution >= 0.6 is 0 Å². The van der Waals surface area contributed by atoms with E-state index >= 15 is 0 Å². The first kappa shape index (κ1) is 11.4. The van der Waals surface area contributed by atoms with Gasteiger partial charge in [-0.2, -0.15) is 5.10 Å². The molecule has 0 aromatic carbocycles. The summed E-state index contributed by atoms with van der Waals surface area (Å²) in [6.45, 7) is 0.437. The van der Waals surface area contributed by atoms with Crippen LogP contribution in [0.4, 0.5) is 0 Å². The minimum Gasteiger partial charge on any atom is -0.480 e. The van der Waals surface area contributed by atoms with E-state index in [0.29, 0.717) is 6.54 Å². The minimum atomic E-state index is -1.06. The van der Waals surface area contributed by atoms with Crippen LogP contribution in [-0.2, 0) is 4.79 Å². The quantitative estimate of drug-likeness (QED) is 0.0813. The molecule has 0 amide bonds. The Labute approximate surface area is 75.4 Å². The second-order valence-corrected chi connectivity index (χ2v) is 2.09. The summed E-state index contributed by atoms with van der Waals surface area (Å²) >= 11 is 0. The Morgan fingerprint density at radius 2 is 2.38 bits per heavy atom. The molecular weight excluding hydrogens is 174 g/mol. The Hall–Kier alpha value is -1.60. The Morgan fingerprint density at radius 3 is 2.92 bits per heavy atom. The summed E-state index contributed by atoms with van der Waals surface area (Å²) in [5.41, 5.74) is 7.23. The van der Waals surface area contributed by atoms with Gasteiger partial charge in [-0.1, -0.05) is 12.2 Å². The highest BCUT2D eigenvalue weighted by atomic mass is 16.4. The lowest BCUT2D eigenvalue weighted by atomic mass is 10.3. The molecule has 0 fully saturated rings. The number of nitrogens with zero attached hydrogens (tertiary/aromatic N) is 1. The van der Waals surface area contributed by atoms with Crippen molar-refractivity contribution in [2.75, 3.05) is 6.54 Å². The number of carboxylic acids is 1. The summed E-state index contributed by atoms with van der Waals surface area (Å²) in [7, 11) is 0. The average Bonchev–Trinajstić information content (AvgIpc) is 2.10. The number of hydrazine groups is 1. The van der Waals surface area contributed by atoms with E-state index < -0.39 is 12.0 Å². The number of hydrogen-bond acceptors (Lipinski definition) is 5. The molecule has 74 valence electrons. The lowest BCUT2D eigenvalue weighted by molar-refractivity contribution is -0.137. The van der Waals surface area contributed by atoms with Gasteiger partial charge in [-0.15, -0.1) is 0 Å². The zero-order valence-electron chi connectivity index (χ0n) is 6.97. The molecule has 1 unspecified atom stereocenters. The third-order valence-corrected chi connectivity index (χ3v) is 1.09. The van der Waals surface area contributed by atoms with Gasteiger partial charge in [0.1, 0.15) is 12.4 Å². The normalized spacial score (nSPS) is 13.4. The SMILES string of the molecule is NNN=CNCC=CC(N)C(=O)O. The monoisotopic (exact) mass is 187 g/mol. The molecule has 7 nitrogen and oxygen atoms in total. The van der Waals surface area contributed by atoms with E-state index in [1.54, 1.807) is 6.08 Å². The van der Waals surface area contributed by atoms with Gasteiger partial charge in [0.05, 0.1) is 0 Å². The molecule has 0 saturated heterocycles. The third kappa shape index (κ3) is 6.78. The predicted molar refractivity (Wildman–Crippen MR) is 48.6 cm³/mol. The summed E-state index contributed by atoms with van der Waals surface area (Å²) in [4.78, 5) is 10.2. The molecule has 0 aliphatic carbocycles. The highest BCUT2D eigenvalue weighted by molar-refractivity contribution is 5.75. The number of carbonyl (C=O) groups is 1. The van der Waals surface area contributed by atoms with E-state index in [2.05, 4.69) is 10.4 Å². The van der Waals surface area contributed by atoms with Crippen LogP contribution in [0, 0.1) is 0 Å². The van der Waals surface area contributed by atoms with Gasteiger partial charge in [0, 0.05) is 6.54 Å². The van der Waals surface area contributed by atoms with E-state index in [1.165, 1.54) is 12.4 Å². The standard InChI is InChI=1S/C6H13N5O2/c7-5(6(12)13)2-1-3-9-4-10-11-8/h1-2,4-5,11H,3,7-8H2,(H,9,10)(H,12,13). The molecule has 0 aromatic heterocycles. The highest BCUT2D eigenvalue weighted by Crippen LogP contribution is 1.80. The summed E-state index contributed by atoms with van der Waals surface area (Å²) < 4.78 is 0. The van der Waals surface area contributed by atoms with Crippen molar-refractivity contribution in [3.05, 3.63) is 12.2 Å². The maximum absolute atomic E-state index is 10.2. The number of nitrogens with one attached hydrogen (secondary N) is 2. The van der Waals surface area contributed by atoms with Crippen molar-refractivity contribution < 1.29 is 9.90 Å². The Kier molecular flexibility index (Phi) is 6.20. The molecule has 0 saturated carbocycles. The fourth-order valence-corrected chi connectivity index (χ4v) is 0.501. The predicted octanol–water partition coefficient (Wildman–Crippen LogP) is -2.05. The van der Waals surface area contributed by atoms with Gasteiger partial charge in [-0.25, -0.2) is 11.4 Å². The third-order valence-electron chi connectivity index (χ3n) is 1.09. The van der Waals surface area contributed by atoms with Crippen molar-refractivity contribution >= 4 is 12.3 Å². The van der Waals surface area contributed by atoms with Crippen LogP contribution in [-0.4, -0.2) is 30.0 Å². The molecule has 7 N–H and O–H groups in total. The van der Waals surface area contributed by atoms with Crippen LogP contribution in [0.1, 0.15) is 0 Å². The van der Waals surface area contributed by atoms with E-state index in [4.69, 9.17) is 16.7 Å². The van der Waals surface area contributed by atoms with Gasteiger partial charge in [0.15, 0.2) is 0 Å². The topological polar surface area (TPSA) is 126 Å². The lowest BCUT2D eigenvalue weighted by Crippen LogP contribution is -2.27. The molecule has 0 bridgehead atoms. The van der Waals surface area contributed by atoms with E-state index in [0.717, 1.165) is 0 Å². The second kappa shape index (κ2) is 7.07. The number of nitrogens with two attached hydrogens (primary N) is 2. The fraction of sp³-hybridized carbons (Fsp3) is 0.333. The van der Waals surface area contributed by atoms with Crippen LogP contribution in [0.5, 0.6) is 0 Å². The van der Waals surface area contributed by atoms with Crippen LogP contribution in [0.15, 0.2) is 17.3 Å². The van der Waals surface area contributed by atoms with Crippen LogP contribution < -0.4 is 22.4 Å². The average molecular weight is 187 g/mol. The minimum absolute atomic E-state index is 0.437. The molecule has 0 spiro atoms. The zero-order chi connectivity index (χ0) is 10.1. The number of aliphatic carboxylic acids is 1. The molecule has 0 radical (unpaired) electrons. The first-order valence-corrected chi connectivity index (χ1v) is 3.54. The maximum atomic E-state index is 10.2. The van der Waals surface area contributed by atoms with Crippen molar-refractivity contribution in [1.29, 1.82) is 0 Å². The van der Waals surface area contributed by atoms with Gasteiger partial charge in [0.2, 0.25) is 0 Å². The van der Waals surface area contributed by atoms with Crippen LogP contribution in [0.3, 0.4) is 0 Å². The van der Waals surface area contributed by atoms with Crippen molar-refractivity contribution in [1.82, 2.24) is 10.9 Å². The maximum Gasteiger partial charge on any atom is 0.324 e. The molecule has 1 atom stereocenters. The smallest absolute Gasteiger partial charge is 0.324 e. The summed E-state index contributed by atoms with van der Waals surface area (Å²) in [6.07, 6.45) is 4.30. The molecular formula is C6H13N5O2. The van der Waals surface area contributed by atoms with Crippen molar-refractivity contribution in [2.24, 2.45) is 16.7 Å². The first-order valence-electron chi connectivity index (χ1n) is 3.54. The Balaban J connectivity index is 3.52. The number of hydrogen-bond donors (Lipinski definition) is 5. The molecule has 0 heterocycles. The summed E-state index contributed by atoms with van der Waals surface area (Å²) in [6, 6.07) is -0.966. The van der Waals surface area contributed by atoms with Crippen molar-refractivity contribution in [2.45, 2.75) is 6.04 Å². The number of carboxylic acid groups (broad SMARTS) is 1. The van der Waals surface area contributed by atoms with Crippen molar-refractivity contribution in [3.8, 4) is 0 Å². The molecule has 0 rings (SSSR count). The largest absolute Gasteiger partial charge is 0.480 e. The van der Waals surface area contributed by atoms with Gasteiger partial charge in [0.25, 0.3) is 0 Å². The second-order valence-electron chi connectivity index (χ2n) is 2.09. The lowest BCUT2D eigenvalue weighted by Gasteiger charge is -1.97. The highest BCUT2D eigenvalue weighted by Gasteiger charge is 2.04. The van der Waals surface area contributed by atoms with E-state index in [1.807, 2.05) is 5.53 Å². The first-order chi connectivity index (χ1) is 6.18. The molecule has 13 heavy (non-hydrogen) atoms. The fourth-order valence-electron chi connectivity index (χ4n) is 0.501. The van der Waals surface area contributed by atoms with Crippen LogP contribution in [0.25, 0.3) is 0 Å². The van der Waals surface area contributed by atoms with Gasteiger partial charge >= 0.3 is 5.97 Å². The Bertz CT molecular complexity index is 203. The molecule has 0 aliphatic rings. The van der Waals surface area contributed by atoms with E-state index in [9.17, 15) is 4.79 Å². The zero-order valence-corrected chi connectivity index (χ0v) is 6.97. The van der Waals surface area contributed by atoms with Crippen LogP contribution in [0.2, 0.25) is 0 Å². The number of rotatable bonds is 6. The summed E-state index contributed by atoms with van der Waals surface area (Å²) in [5.74, 6) is 3.77. The molecule has 0 aliphatic heterocycles. The molecule has 7 heteroatoms.